The van der Waals surface area contributed by atoms with Crippen LogP contribution in [0.15, 0.2) is 167 Å². The van der Waals surface area contributed by atoms with E-state index in [1.54, 1.807) is 0 Å². The van der Waals surface area contributed by atoms with Gasteiger partial charge in [0.05, 0.1) is 11.0 Å². The Kier molecular flexibility index (Phi) is 6.38. The Balaban J connectivity index is 1.17. The lowest BCUT2D eigenvalue weighted by Gasteiger charge is -2.11. The van der Waals surface area contributed by atoms with Crippen LogP contribution in [0, 0.1) is 0 Å². The number of nitrogens with zero attached hydrogens (tertiary/aromatic N) is 6. The minimum atomic E-state index is 0.506. The van der Waals surface area contributed by atoms with Crippen LogP contribution in [0.25, 0.3) is 106 Å². The summed E-state index contributed by atoms with van der Waals surface area (Å²) in [5.74, 6) is 2.77. The molecule has 8 heteroatoms. The highest BCUT2D eigenvalue weighted by Crippen LogP contribution is 2.38. The molecule has 0 N–H and O–H groups in total. The molecule has 11 rings (SSSR count). The number of oxazole rings is 2. The largest absolute Gasteiger partial charge is 0.436 e. The summed E-state index contributed by atoms with van der Waals surface area (Å²) in [7, 11) is 0. The molecule has 11 aromatic rings. The van der Waals surface area contributed by atoms with Crippen LogP contribution in [0.2, 0.25) is 0 Å². The molecule has 0 radical (unpaired) electrons. The molecular weight excluding hydrogens is 657 g/mol. The normalized spacial score (nSPS) is 11.8. The van der Waals surface area contributed by atoms with Gasteiger partial charge in [-0.2, -0.15) is 9.97 Å². The minimum absolute atomic E-state index is 0.506. The van der Waals surface area contributed by atoms with Crippen molar-refractivity contribution in [3.8, 4) is 51.6 Å². The van der Waals surface area contributed by atoms with Crippen molar-refractivity contribution in [1.29, 1.82) is 0 Å². The number of hydrogen-bond acceptors (Lipinski definition) is 7. The van der Waals surface area contributed by atoms with Crippen molar-refractivity contribution in [3.05, 3.63) is 158 Å². The smallest absolute Gasteiger partial charge is 0.238 e. The molecule has 0 bridgehead atoms. The van der Waals surface area contributed by atoms with Crippen molar-refractivity contribution in [3.63, 3.8) is 0 Å². The predicted octanol–water partition coefficient (Wildman–Crippen LogP) is 11.1. The molecule has 4 heterocycles. The van der Waals surface area contributed by atoms with Crippen molar-refractivity contribution in [1.82, 2.24) is 29.5 Å². The zero-order chi connectivity index (χ0) is 34.9. The highest BCUT2D eigenvalue weighted by Gasteiger charge is 2.21. The van der Waals surface area contributed by atoms with Gasteiger partial charge in [0.15, 0.2) is 22.8 Å². The molecule has 53 heavy (non-hydrogen) atoms. The van der Waals surface area contributed by atoms with Gasteiger partial charge in [0.2, 0.25) is 17.7 Å². The molecule has 0 aliphatic heterocycles. The number of rotatable bonds is 5. The SMILES string of the molecule is c1ccc(-c2nc(-c3ccc4ccccc4c3)nc(-n3c4ccc(-c5nc6ccccc6o5)cc4c4cc(-c5nc6ccccc6o5)ccc43)n2)cc1. The first-order valence-corrected chi connectivity index (χ1v) is 17.3. The first-order valence-electron chi connectivity index (χ1n) is 17.3. The van der Waals surface area contributed by atoms with Crippen LogP contribution >= 0.6 is 0 Å². The van der Waals surface area contributed by atoms with E-state index < -0.39 is 0 Å². The summed E-state index contributed by atoms with van der Waals surface area (Å²) >= 11 is 0. The van der Waals surface area contributed by atoms with Gasteiger partial charge in [0, 0.05) is 33.0 Å². The van der Waals surface area contributed by atoms with E-state index in [1.165, 1.54) is 0 Å². The van der Waals surface area contributed by atoms with Gasteiger partial charge in [0.1, 0.15) is 11.0 Å². The van der Waals surface area contributed by atoms with Crippen LogP contribution in [0.5, 0.6) is 0 Å². The second-order valence-corrected chi connectivity index (χ2v) is 13.0. The predicted molar refractivity (Wildman–Crippen MR) is 209 cm³/mol. The van der Waals surface area contributed by atoms with E-state index >= 15 is 0 Å². The van der Waals surface area contributed by atoms with Crippen LogP contribution in [-0.2, 0) is 0 Å². The van der Waals surface area contributed by atoms with Gasteiger partial charge in [-0.05, 0) is 77.5 Å². The Labute approximate surface area is 301 Å². The van der Waals surface area contributed by atoms with Gasteiger partial charge in [-0.25, -0.2) is 15.0 Å². The van der Waals surface area contributed by atoms with Crippen molar-refractivity contribution < 1.29 is 8.83 Å². The Bertz CT molecular complexity index is 3000. The molecule has 0 saturated carbocycles. The van der Waals surface area contributed by atoms with Gasteiger partial charge in [-0.3, -0.25) is 4.57 Å². The molecule has 0 aliphatic rings. The second-order valence-electron chi connectivity index (χ2n) is 13.0. The molecule has 248 valence electrons. The Morgan fingerprint density at radius 2 is 0.906 bits per heavy atom. The van der Waals surface area contributed by atoms with E-state index in [1.807, 2.05) is 103 Å². The third-order valence-corrected chi connectivity index (χ3v) is 9.71. The van der Waals surface area contributed by atoms with Crippen molar-refractivity contribution in [2.24, 2.45) is 0 Å². The maximum Gasteiger partial charge on any atom is 0.238 e. The zero-order valence-corrected chi connectivity index (χ0v) is 28.0. The lowest BCUT2D eigenvalue weighted by atomic mass is 10.1. The molecule has 4 aromatic heterocycles. The molecule has 7 aromatic carbocycles. The topological polar surface area (TPSA) is 95.7 Å². The van der Waals surface area contributed by atoms with Crippen LogP contribution < -0.4 is 0 Å². The van der Waals surface area contributed by atoms with E-state index in [9.17, 15) is 0 Å². The summed E-state index contributed by atoms with van der Waals surface area (Å²) in [4.78, 5) is 24.9. The second kappa shape index (κ2) is 11.5. The lowest BCUT2D eigenvalue weighted by molar-refractivity contribution is 0.619. The first kappa shape index (κ1) is 29.3. The molecule has 0 saturated heterocycles. The molecule has 0 fully saturated rings. The molecule has 0 spiro atoms. The number of aromatic nitrogens is 6. The summed E-state index contributed by atoms with van der Waals surface area (Å²) in [5, 5.41) is 4.22. The maximum absolute atomic E-state index is 6.22. The number of para-hydroxylation sites is 4. The Morgan fingerprint density at radius 1 is 0.377 bits per heavy atom. The van der Waals surface area contributed by atoms with Gasteiger partial charge in [0.25, 0.3) is 0 Å². The lowest BCUT2D eigenvalue weighted by Crippen LogP contribution is -2.06. The van der Waals surface area contributed by atoms with Crippen LogP contribution in [0.3, 0.4) is 0 Å². The molecular formula is C45H26N6O2. The summed E-state index contributed by atoms with van der Waals surface area (Å²) in [6, 6.07) is 52.7. The Morgan fingerprint density at radius 3 is 1.53 bits per heavy atom. The molecule has 8 nitrogen and oxygen atoms in total. The van der Waals surface area contributed by atoms with Gasteiger partial charge in [-0.15, -0.1) is 0 Å². The third kappa shape index (κ3) is 4.88. The zero-order valence-electron chi connectivity index (χ0n) is 28.0. The fraction of sp³-hybridized carbons (Fsp3) is 0. The van der Waals surface area contributed by atoms with Gasteiger partial charge in [-0.1, -0.05) is 91.0 Å². The monoisotopic (exact) mass is 682 g/mol. The average Bonchev–Trinajstić information content (AvgIpc) is 3.94. The molecule has 0 aliphatic carbocycles. The summed E-state index contributed by atoms with van der Waals surface area (Å²) in [6.07, 6.45) is 0. The highest BCUT2D eigenvalue weighted by atomic mass is 16.4. The maximum atomic E-state index is 6.22. The van der Waals surface area contributed by atoms with Crippen LogP contribution in [0.1, 0.15) is 0 Å². The number of benzene rings is 7. The van der Waals surface area contributed by atoms with Crippen molar-refractivity contribution >= 4 is 54.8 Å². The van der Waals surface area contributed by atoms with Crippen LogP contribution in [-0.4, -0.2) is 29.5 Å². The van der Waals surface area contributed by atoms with E-state index in [4.69, 9.17) is 33.8 Å². The highest BCUT2D eigenvalue weighted by molar-refractivity contribution is 6.11. The summed E-state index contributed by atoms with van der Waals surface area (Å²) in [6.45, 7) is 0. The quantitative estimate of drug-likeness (QED) is 0.178. The van der Waals surface area contributed by atoms with Gasteiger partial charge >= 0.3 is 0 Å². The molecule has 0 unspecified atom stereocenters. The van der Waals surface area contributed by atoms with Crippen molar-refractivity contribution in [2.75, 3.05) is 0 Å². The fourth-order valence-corrected chi connectivity index (χ4v) is 7.13. The van der Waals surface area contributed by atoms with Crippen molar-refractivity contribution in [2.45, 2.75) is 0 Å². The molecule has 0 atom stereocenters. The third-order valence-electron chi connectivity index (χ3n) is 9.71. The minimum Gasteiger partial charge on any atom is -0.436 e. The standard InChI is InChI=1S/C45H26N6O2/c1-2-11-28(12-3-1)41-48-42(30-19-18-27-10-4-5-13-29(27)24-30)50-45(49-41)51-37-22-20-31(43-46-35-14-6-8-16-39(35)52-43)25-33(37)34-26-32(21-23-38(34)51)44-47-36-15-7-9-17-40(36)53-44/h1-26H. The summed E-state index contributed by atoms with van der Waals surface area (Å²) < 4.78 is 14.5. The Hall–Kier alpha value is -7.45. The van der Waals surface area contributed by atoms with E-state index in [2.05, 4.69) is 59.2 Å². The van der Waals surface area contributed by atoms with Gasteiger partial charge < -0.3 is 8.83 Å². The van der Waals surface area contributed by atoms with E-state index in [0.29, 0.717) is 29.4 Å². The van der Waals surface area contributed by atoms with E-state index in [-0.39, 0.29) is 0 Å². The first-order chi connectivity index (χ1) is 26.2. The molecule has 0 amide bonds. The average molecular weight is 683 g/mol. The number of hydrogen-bond donors (Lipinski definition) is 0. The number of fused-ring (bicyclic) bond motifs is 6. The summed E-state index contributed by atoms with van der Waals surface area (Å²) in [5.41, 5.74) is 8.46. The fourth-order valence-electron chi connectivity index (χ4n) is 7.13. The van der Waals surface area contributed by atoms with E-state index in [0.717, 1.165) is 77.0 Å². The van der Waals surface area contributed by atoms with Crippen LogP contribution in [0.4, 0.5) is 0 Å².